The van der Waals surface area contributed by atoms with Crippen LogP contribution in [-0.4, -0.2) is 23.0 Å². The first-order valence-electron chi connectivity index (χ1n) is 8.24. The summed E-state index contributed by atoms with van der Waals surface area (Å²) in [6, 6.07) is 10.8. The van der Waals surface area contributed by atoms with Crippen LogP contribution in [0.2, 0.25) is 0 Å². The number of H-pyrrole nitrogens is 1. The molecule has 2 aromatic carbocycles. The van der Waals surface area contributed by atoms with E-state index in [2.05, 4.69) is 35.2 Å². The Morgan fingerprint density at radius 2 is 1.48 bits per heavy atom. The quantitative estimate of drug-likeness (QED) is 0.328. The Hall–Kier alpha value is -4.08. The van der Waals surface area contributed by atoms with Crippen LogP contribution in [0.5, 0.6) is 0 Å². The van der Waals surface area contributed by atoms with Crippen LogP contribution in [0.15, 0.2) is 75.1 Å². The second kappa shape index (κ2) is 9.22. The molecule has 0 spiro atoms. The third kappa shape index (κ3) is 5.70. The number of carbonyl (C=O) groups excluding carboxylic acids is 1. The largest absolute Gasteiger partial charge is 0.466 e. The number of ether oxygens (including phenoxy) is 1. The molecule has 1 aromatic heterocycles. The first-order valence-corrected chi connectivity index (χ1v) is 8.24. The van der Waals surface area contributed by atoms with Gasteiger partial charge in [-0.2, -0.15) is 4.98 Å². The van der Waals surface area contributed by atoms with Crippen molar-refractivity contribution < 1.29 is 18.3 Å². The van der Waals surface area contributed by atoms with Gasteiger partial charge < -0.3 is 9.72 Å². The molecule has 3 aromatic rings. The van der Waals surface area contributed by atoms with Crippen LogP contribution < -0.4 is 0 Å². The Bertz CT molecular complexity index is 1070. The zero-order valence-corrected chi connectivity index (χ0v) is 15.1. The fourth-order valence-electron chi connectivity index (χ4n) is 2.05. The molecule has 10 heteroatoms. The Morgan fingerprint density at radius 1 is 0.931 bits per heavy atom. The van der Waals surface area contributed by atoms with Gasteiger partial charge in [0.15, 0.2) is 0 Å². The molecule has 29 heavy (non-hydrogen) atoms. The van der Waals surface area contributed by atoms with Crippen LogP contribution in [-0.2, 0) is 9.53 Å². The SMILES string of the molecule is COC(=O)/C=C/c1[nH]c(N=Nc2ccc(F)cc2)nc1N=Nc1ccc(F)cc1. The van der Waals surface area contributed by atoms with Crippen LogP contribution in [0.4, 0.5) is 31.9 Å². The van der Waals surface area contributed by atoms with Gasteiger partial charge in [-0.25, -0.2) is 13.6 Å². The number of nitrogens with zero attached hydrogens (tertiary/aromatic N) is 5. The highest BCUT2D eigenvalue weighted by molar-refractivity contribution is 5.87. The normalized spacial score (nSPS) is 11.7. The first kappa shape index (κ1) is 19.7. The van der Waals surface area contributed by atoms with Gasteiger partial charge in [0.25, 0.3) is 0 Å². The van der Waals surface area contributed by atoms with E-state index in [0.29, 0.717) is 17.1 Å². The number of aromatic nitrogens is 2. The number of rotatable bonds is 6. The number of esters is 1. The zero-order chi connectivity index (χ0) is 20.6. The molecule has 0 saturated carbocycles. The zero-order valence-electron chi connectivity index (χ0n) is 15.1. The average Bonchev–Trinajstić information content (AvgIpc) is 3.13. The van der Waals surface area contributed by atoms with Gasteiger partial charge in [0.1, 0.15) is 11.6 Å². The van der Waals surface area contributed by atoms with Crippen molar-refractivity contribution in [2.45, 2.75) is 0 Å². The molecule has 146 valence electrons. The van der Waals surface area contributed by atoms with Gasteiger partial charge in [-0.15, -0.1) is 20.5 Å². The standard InChI is InChI=1S/C19H14F2N6O2/c1-29-17(28)11-10-16-18(26-24-14-6-2-12(20)3-7-14)23-19(22-16)27-25-15-8-4-13(21)5-9-15/h2-11H,1H3,(H,22,23)/b11-10+,26-24?,27-25?. The summed E-state index contributed by atoms with van der Waals surface area (Å²) in [5.74, 6) is -1.14. The lowest BCUT2D eigenvalue weighted by Crippen LogP contribution is -1.93. The Labute approximate surface area is 163 Å². The third-order valence-corrected chi connectivity index (χ3v) is 3.46. The molecular weight excluding hydrogens is 382 g/mol. The van der Waals surface area contributed by atoms with Gasteiger partial charge >= 0.3 is 5.97 Å². The molecule has 0 unspecified atom stereocenters. The van der Waals surface area contributed by atoms with E-state index in [9.17, 15) is 13.6 Å². The number of benzene rings is 2. The van der Waals surface area contributed by atoms with Crippen molar-refractivity contribution in [3.8, 4) is 0 Å². The Kier molecular flexibility index (Phi) is 6.25. The lowest BCUT2D eigenvalue weighted by molar-refractivity contribution is -0.134. The number of hydrogen-bond acceptors (Lipinski definition) is 7. The van der Waals surface area contributed by atoms with Gasteiger partial charge in [0.2, 0.25) is 11.8 Å². The molecule has 0 aliphatic carbocycles. The molecule has 0 aliphatic rings. The number of methoxy groups -OCH3 is 1. The van der Waals surface area contributed by atoms with Crippen LogP contribution in [0.25, 0.3) is 6.08 Å². The number of nitrogens with one attached hydrogen (secondary N) is 1. The van der Waals surface area contributed by atoms with Crippen molar-refractivity contribution in [1.29, 1.82) is 0 Å². The third-order valence-electron chi connectivity index (χ3n) is 3.46. The first-order chi connectivity index (χ1) is 14.0. The predicted molar refractivity (Wildman–Crippen MR) is 101 cm³/mol. The van der Waals surface area contributed by atoms with Crippen molar-refractivity contribution >= 4 is 35.2 Å². The molecule has 0 atom stereocenters. The number of imidazole rings is 1. The lowest BCUT2D eigenvalue weighted by Gasteiger charge is -1.92. The van der Waals surface area contributed by atoms with Gasteiger partial charge in [0.05, 0.1) is 24.2 Å². The van der Waals surface area contributed by atoms with E-state index in [4.69, 9.17) is 0 Å². The molecule has 3 rings (SSSR count). The topological polar surface area (TPSA) is 104 Å². The molecule has 0 aliphatic heterocycles. The molecule has 0 amide bonds. The molecule has 1 N–H and O–H groups in total. The second-order valence-electron chi connectivity index (χ2n) is 5.51. The highest BCUT2D eigenvalue weighted by atomic mass is 19.1. The summed E-state index contributed by atoms with van der Waals surface area (Å²) in [5, 5.41) is 15.9. The molecule has 0 radical (unpaired) electrons. The Morgan fingerprint density at radius 3 is 2.03 bits per heavy atom. The summed E-state index contributed by atoms with van der Waals surface area (Å²) >= 11 is 0. The maximum absolute atomic E-state index is 13.0. The fraction of sp³-hybridized carbons (Fsp3) is 0.0526. The van der Waals surface area contributed by atoms with Gasteiger partial charge in [-0.3, -0.25) is 0 Å². The number of carbonyl (C=O) groups is 1. The molecule has 8 nitrogen and oxygen atoms in total. The average molecular weight is 396 g/mol. The summed E-state index contributed by atoms with van der Waals surface area (Å²) in [5.41, 5.74) is 1.16. The summed E-state index contributed by atoms with van der Waals surface area (Å²) in [6.45, 7) is 0. The van der Waals surface area contributed by atoms with E-state index in [1.54, 1.807) is 0 Å². The van der Waals surface area contributed by atoms with E-state index >= 15 is 0 Å². The summed E-state index contributed by atoms with van der Waals surface area (Å²) < 4.78 is 30.5. The molecule has 0 fully saturated rings. The minimum atomic E-state index is -0.574. The van der Waals surface area contributed by atoms with Crippen molar-refractivity contribution in [2.75, 3.05) is 7.11 Å². The van der Waals surface area contributed by atoms with Crippen LogP contribution in [0.3, 0.4) is 0 Å². The monoisotopic (exact) mass is 396 g/mol. The van der Waals surface area contributed by atoms with E-state index in [0.717, 1.165) is 0 Å². The minimum Gasteiger partial charge on any atom is -0.466 e. The lowest BCUT2D eigenvalue weighted by atomic mass is 10.3. The van der Waals surface area contributed by atoms with Crippen LogP contribution in [0, 0.1) is 11.6 Å². The van der Waals surface area contributed by atoms with Crippen LogP contribution in [0.1, 0.15) is 5.69 Å². The van der Waals surface area contributed by atoms with Gasteiger partial charge in [-0.1, -0.05) is 0 Å². The molecule has 1 heterocycles. The van der Waals surface area contributed by atoms with Crippen LogP contribution >= 0.6 is 0 Å². The van der Waals surface area contributed by atoms with Gasteiger partial charge in [0, 0.05) is 6.08 Å². The Balaban J connectivity index is 1.87. The highest BCUT2D eigenvalue weighted by Gasteiger charge is 2.08. The van der Waals surface area contributed by atoms with Crippen molar-refractivity contribution in [2.24, 2.45) is 20.5 Å². The maximum atomic E-state index is 13.0. The minimum absolute atomic E-state index is 0.0897. The number of azo groups is 2. The van der Waals surface area contributed by atoms with E-state index < -0.39 is 11.8 Å². The molecule has 0 bridgehead atoms. The summed E-state index contributed by atoms with van der Waals surface area (Å²) in [7, 11) is 1.25. The second-order valence-corrected chi connectivity index (χ2v) is 5.51. The number of halogens is 2. The van der Waals surface area contributed by atoms with Crippen molar-refractivity contribution in [3.05, 3.63) is 71.9 Å². The fourth-order valence-corrected chi connectivity index (χ4v) is 2.05. The smallest absolute Gasteiger partial charge is 0.330 e. The maximum Gasteiger partial charge on any atom is 0.330 e. The molecule has 0 saturated heterocycles. The number of aromatic amines is 1. The predicted octanol–water partition coefficient (Wildman–Crippen LogP) is 5.70. The molecular formula is C19H14F2N6O2. The van der Waals surface area contributed by atoms with Crippen molar-refractivity contribution in [1.82, 2.24) is 9.97 Å². The summed E-state index contributed by atoms with van der Waals surface area (Å²) in [4.78, 5) is 18.3. The van der Waals surface area contributed by atoms with E-state index in [-0.39, 0.29) is 17.6 Å². The van der Waals surface area contributed by atoms with Gasteiger partial charge in [-0.05, 0) is 54.6 Å². The summed E-state index contributed by atoms with van der Waals surface area (Å²) in [6.07, 6.45) is 2.57. The van der Waals surface area contributed by atoms with E-state index in [1.807, 2.05) is 0 Å². The number of hydrogen-bond donors (Lipinski definition) is 1. The van der Waals surface area contributed by atoms with E-state index in [1.165, 1.54) is 67.8 Å². The highest BCUT2D eigenvalue weighted by Crippen LogP contribution is 2.26. The van der Waals surface area contributed by atoms with Crippen molar-refractivity contribution in [3.63, 3.8) is 0 Å².